The number of amides is 1. The molecule has 0 aliphatic rings. The quantitative estimate of drug-likeness (QED) is 0.871. The number of carboxylic acid groups (broad SMARTS) is 1. The Morgan fingerprint density at radius 2 is 2.00 bits per heavy atom. The van der Waals surface area contributed by atoms with Gasteiger partial charge in [-0.15, -0.1) is 5.10 Å². The number of nitrogens with zero attached hydrogens (tertiary/aromatic N) is 4. The first-order valence-electron chi connectivity index (χ1n) is 6.10. The Morgan fingerprint density at radius 3 is 2.60 bits per heavy atom. The van der Waals surface area contributed by atoms with E-state index in [4.69, 9.17) is 5.11 Å². The number of likely N-dealkylation sites (N-methyl/N-ethyl adjacent to an activating group) is 1. The fourth-order valence-electron chi connectivity index (χ4n) is 1.72. The van der Waals surface area contributed by atoms with Gasteiger partial charge in [-0.1, -0.05) is 23.4 Å². The first-order valence-corrected chi connectivity index (χ1v) is 6.10. The Labute approximate surface area is 115 Å². The van der Waals surface area contributed by atoms with Crippen molar-refractivity contribution in [2.24, 2.45) is 0 Å². The summed E-state index contributed by atoms with van der Waals surface area (Å²) in [6.45, 7) is 1.65. The van der Waals surface area contributed by atoms with E-state index in [9.17, 15) is 9.59 Å². The molecule has 0 radical (unpaired) electrons. The third-order valence-electron chi connectivity index (χ3n) is 2.73. The van der Waals surface area contributed by atoms with E-state index in [-0.39, 0.29) is 12.2 Å². The maximum Gasteiger partial charge on any atom is 0.323 e. The molecule has 1 aromatic carbocycles. The second-order valence-corrected chi connectivity index (χ2v) is 4.10. The molecule has 7 nitrogen and oxygen atoms in total. The van der Waals surface area contributed by atoms with Gasteiger partial charge in [0.25, 0.3) is 5.91 Å². The molecule has 2 aromatic rings. The first kappa shape index (κ1) is 13.7. The van der Waals surface area contributed by atoms with E-state index in [1.165, 1.54) is 15.8 Å². The van der Waals surface area contributed by atoms with Crippen molar-refractivity contribution in [2.45, 2.75) is 6.92 Å². The molecular weight excluding hydrogens is 260 g/mol. The number of carboxylic acids is 1. The van der Waals surface area contributed by atoms with Gasteiger partial charge in [0, 0.05) is 6.54 Å². The number of hydrogen-bond acceptors (Lipinski definition) is 4. The second-order valence-electron chi connectivity index (χ2n) is 4.10. The van der Waals surface area contributed by atoms with Crippen LogP contribution in [0.3, 0.4) is 0 Å². The van der Waals surface area contributed by atoms with Crippen molar-refractivity contribution >= 4 is 11.9 Å². The lowest BCUT2D eigenvalue weighted by Gasteiger charge is -2.16. The van der Waals surface area contributed by atoms with E-state index in [0.29, 0.717) is 6.54 Å². The van der Waals surface area contributed by atoms with E-state index in [1.54, 1.807) is 6.92 Å². The maximum atomic E-state index is 12.1. The number of hydrogen-bond donors (Lipinski definition) is 1. The van der Waals surface area contributed by atoms with Crippen LogP contribution < -0.4 is 0 Å². The van der Waals surface area contributed by atoms with Crippen LogP contribution in [-0.2, 0) is 4.79 Å². The largest absolute Gasteiger partial charge is 0.480 e. The highest BCUT2D eigenvalue weighted by Gasteiger charge is 2.20. The van der Waals surface area contributed by atoms with Crippen LogP contribution in [0.5, 0.6) is 0 Å². The number of rotatable bonds is 5. The molecule has 0 aliphatic heterocycles. The molecule has 1 heterocycles. The number of carbonyl (C=O) groups is 2. The average Bonchev–Trinajstić information content (AvgIpc) is 2.94. The van der Waals surface area contributed by atoms with Crippen LogP contribution in [0.25, 0.3) is 5.69 Å². The third-order valence-corrected chi connectivity index (χ3v) is 2.73. The van der Waals surface area contributed by atoms with Crippen molar-refractivity contribution in [2.75, 3.05) is 13.1 Å². The predicted molar refractivity (Wildman–Crippen MR) is 70.6 cm³/mol. The lowest BCUT2D eigenvalue weighted by atomic mass is 10.3. The van der Waals surface area contributed by atoms with Gasteiger partial charge in [0.05, 0.1) is 11.9 Å². The Bertz CT molecular complexity index is 609. The first-order chi connectivity index (χ1) is 9.61. The van der Waals surface area contributed by atoms with Crippen LogP contribution in [0, 0.1) is 0 Å². The lowest BCUT2D eigenvalue weighted by Crippen LogP contribution is -2.35. The molecule has 20 heavy (non-hydrogen) atoms. The number of aromatic nitrogens is 3. The van der Waals surface area contributed by atoms with Gasteiger partial charge in [-0.3, -0.25) is 9.59 Å². The minimum atomic E-state index is -1.06. The second kappa shape index (κ2) is 5.96. The molecule has 104 valence electrons. The van der Waals surface area contributed by atoms with Crippen LogP contribution in [0.2, 0.25) is 0 Å². The molecule has 0 saturated heterocycles. The molecule has 2 rings (SSSR count). The zero-order valence-corrected chi connectivity index (χ0v) is 10.9. The molecule has 0 saturated carbocycles. The monoisotopic (exact) mass is 274 g/mol. The molecule has 1 aromatic heterocycles. The fourth-order valence-corrected chi connectivity index (χ4v) is 1.72. The Hall–Kier alpha value is -2.70. The summed E-state index contributed by atoms with van der Waals surface area (Å²) in [5.41, 5.74) is 0.900. The Balaban J connectivity index is 2.20. The van der Waals surface area contributed by atoms with Crippen LogP contribution in [0.4, 0.5) is 0 Å². The highest BCUT2D eigenvalue weighted by Crippen LogP contribution is 2.07. The Morgan fingerprint density at radius 1 is 1.30 bits per heavy atom. The smallest absolute Gasteiger partial charge is 0.323 e. The van der Waals surface area contributed by atoms with E-state index < -0.39 is 11.9 Å². The number of aliphatic carboxylic acids is 1. The van der Waals surface area contributed by atoms with E-state index >= 15 is 0 Å². The summed E-state index contributed by atoms with van der Waals surface area (Å²) in [6, 6.07) is 9.23. The zero-order chi connectivity index (χ0) is 14.5. The molecule has 0 aliphatic carbocycles. The maximum absolute atomic E-state index is 12.1. The topological polar surface area (TPSA) is 88.3 Å². The van der Waals surface area contributed by atoms with Crippen molar-refractivity contribution in [1.82, 2.24) is 19.9 Å². The molecular formula is C13H14N4O3. The molecule has 0 atom stereocenters. The van der Waals surface area contributed by atoms with Gasteiger partial charge in [-0.2, -0.15) is 0 Å². The van der Waals surface area contributed by atoms with Crippen LogP contribution >= 0.6 is 0 Å². The van der Waals surface area contributed by atoms with Crippen molar-refractivity contribution in [1.29, 1.82) is 0 Å². The summed E-state index contributed by atoms with van der Waals surface area (Å²) in [7, 11) is 0. The van der Waals surface area contributed by atoms with Crippen molar-refractivity contribution in [3.05, 3.63) is 42.2 Å². The highest BCUT2D eigenvalue weighted by molar-refractivity contribution is 5.93. The third kappa shape index (κ3) is 3.00. The van der Waals surface area contributed by atoms with Gasteiger partial charge in [-0.05, 0) is 19.1 Å². The predicted octanol–water partition coefficient (Wildman–Crippen LogP) is 0.814. The van der Waals surface area contributed by atoms with Gasteiger partial charge in [0.1, 0.15) is 6.54 Å². The summed E-state index contributed by atoms with van der Waals surface area (Å²) >= 11 is 0. The SMILES string of the molecule is CCN(CC(=O)O)C(=O)c1cn(-c2ccccc2)nn1. The summed E-state index contributed by atoms with van der Waals surface area (Å²) in [4.78, 5) is 24.0. The number of para-hydroxylation sites is 1. The molecule has 0 fully saturated rings. The minimum absolute atomic E-state index is 0.122. The molecule has 7 heteroatoms. The van der Waals surface area contributed by atoms with Crippen molar-refractivity contribution < 1.29 is 14.7 Å². The van der Waals surface area contributed by atoms with Crippen molar-refractivity contribution in [3.63, 3.8) is 0 Å². The molecule has 0 spiro atoms. The summed E-state index contributed by atoms with van der Waals surface area (Å²) in [6.07, 6.45) is 1.49. The van der Waals surface area contributed by atoms with Gasteiger partial charge in [0.15, 0.2) is 5.69 Å². The van der Waals surface area contributed by atoms with Gasteiger partial charge in [0.2, 0.25) is 0 Å². The fraction of sp³-hybridized carbons (Fsp3) is 0.231. The summed E-state index contributed by atoms with van der Waals surface area (Å²) < 4.78 is 1.47. The minimum Gasteiger partial charge on any atom is -0.480 e. The van der Waals surface area contributed by atoms with Crippen LogP contribution in [0.15, 0.2) is 36.5 Å². The number of carbonyl (C=O) groups excluding carboxylic acids is 1. The summed E-state index contributed by atoms with van der Waals surface area (Å²) in [5, 5.41) is 16.4. The average molecular weight is 274 g/mol. The van der Waals surface area contributed by atoms with Crippen LogP contribution in [-0.4, -0.2) is 50.0 Å². The summed E-state index contributed by atoms with van der Waals surface area (Å²) in [5.74, 6) is -1.51. The van der Waals surface area contributed by atoms with E-state index in [2.05, 4.69) is 10.3 Å². The van der Waals surface area contributed by atoms with Crippen LogP contribution in [0.1, 0.15) is 17.4 Å². The van der Waals surface area contributed by atoms with E-state index in [0.717, 1.165) is 5.69 Å². The zero-order valence-electron chi connectivity index (χ0n) is 10.9. The van der Waals surface area contributed by atoms with Gasteiger partial charge >= 0.3 is 5.97 Å². The van der Waals surface area contributed by atoms with Crippen molar-refractivity contribution in [3.8, 4) is 5.69 Å². The normalized spacial score (nSPS) is 10.2. The lowest BCUT2D eigenvalue weighted by molar-refractivity contribution is -0.137. The van der Waals surface area contributed by atoms with Gasteiger partial charge in [-0.25, -0.2) is 4.68 Å². The van der Waals surface area contributed by atoms with E-state index in [1.807, 2.05) is 30.3 Å². The molecule has 1 N–H and O–H groups in total. The van der Waals surface area contributed by atoms with Gasteiger partial charge < -0.3 is 10.0 Å². The molecule has 0 unspecified atom stereocenters. The highest BCUT2D eigenvalue weighted by atomic mass is 16.4. The Kier molecular flexibility index (Phi) is 4.09. The number of benzene rings is 1. The standard InChI is InChI=1S/C13H14N4O3/c1-2-16(9-12(18)19)13(20)11-8-17(15-14-11)10-6-4-3-5-7-10/h3-8H,2,9H2,1H3,(H,18,19). The molecule has 1 amide bonds. The molecule has 0 bridgehead atoms.